The third-order valence-corrected chi connectivity index (χ3v) is 11.9. The number of hydrogen-bond acceptors (Lipinski definition) is 3. The van der Waals surface area contributed by atoms with Crippen molar-refractivity contribution >= 4 is 20.4 Å². The van der Waals surface area contributed by atoms with Gasteiger partial charge in [0.15, 0.2) is 5.25 Å². The lowest BCUT2D eigenvalue weighted by molar-refractivity contribution is -0.134. The van der Waals surface area contributed by atoms with Crippen molar-refractivity contribution in [1.29, 1.82) is 0 Å². The highest BCUT2D eigenvalue weighted by molar-refractivity contribution is 8.33. The fourth-order valence-electron chi connectivity index (χ4n) is 4.69. The molecule has 0 spiro atoms. The van der Waals surface area contributed by atoms with Crippen molar-refractivity contribution in [1.82, 2.24) is 0 Å². The molecule has 4 rings (SSSR count). The first-order valence-corrected chi connectivity index (χ1v) is 14.8. The average Bonchev–Trinajstić information content (AvgIpc) is 2.87. The van der Waals surface area contributed by atoms with Crippen LogP contribution in [0.25, 0.3) is 0 Å². The molecule has 0 radical (unpaired) electrons. The van der Waals surface area contributed by atoms with Gasteiger partial charge in [-0.1, -0.05) is 86.7 Å². The molecule has 1 atom stereocenters. The van der Waals surface area contributed by atoms with E-state index in [1.54, 1.807) is 91.0 Å². The van der Waals surface area contributed by atoms with Crippen molar-refractivity contribution in [2.24, 2.45) is 5.92 Å². The molecule has 1 aliphatic rings. The maximum Gasteiger partial charge on any atom is 0.407 e. The molecule has 0 heterocycles. The van der Waals surface area contributed by atoms with E-state index in [0.29, 0.717) is 27.5 Å². The lowest BCUT2D eigenvalue weighted by Crippen LogP contribution is -2.40. The molecule has 8 heteroatoms. The highest BCUT2D eigenvalue weighted by Gasteiger charge is 2.53. The maximum atomic E-state index is 14.3. The molecule has 3 aromatic rings. The van der Waals surface area contributed by atoms with Gasteiger partial charge in [0.25, 0.3) is 10.1 Å². The summed E-state index contributed by atoms with van der Waals surface area (Å²) >= 11 is 0. The largest absolute Gasteiger partial charge is 0.407 e. The Kier molecular flexibility index (Phi) is 7.93. The number of alkyl halides is 3. The number of halogens is 3. The predicted octanol–water partition coefficient (Wildman–Crippen LogP) is 8.13. The van der Waals surface area contributed by atoms with Gasteiger partial charge in [-0.15, -0.1) is 0 Å². The van der Waals surface area contributed by atoms with Crippen LogP contribution in [0.2, 0.25) is 0 Å². The molecule has 0 aromatic heterocycles. The van der Waals surface area contributed by atoms with Gasteiger partial charge in [0.2, 0.25) is 0 Å². The predicted molar refractivity (Wildman–Crippen MR) is 133 cm³/mol. The van der Waals surface area contributed by atoms with Gasteiger partial charge < -0.3 is 0 Å². The summed E-state index contributed by atoms with van der Waals surface area (Å²) in [5, 5.41) is -2.58. The van der Waals surface area contributed by atoms with E-state index in [0.717, 1.165) is 19.3 Å². The van der Waals surface area contributed by atoms with E-state index in [-0.39, 0.29) is 5.92 Å². The minimum atomic E-state index is -5.07. The first-order valence-electron chi connectivity index (χ1n) is 11.7. The highest BCUT2D eigenvalue weighted by Crippen LogP contribution is 2.70. The fourth-order valence-corrected chi connectivity index (χ4v) is 10.4. The monoisotopic (exact) mass is 522 g/mol. The van der Waals surface area contributed by atoms with Crippen LogP contribution in [0.1, 0.15) is 38.5 Å². The van der Waals surface area contributed by atoms with Crippen molar-refractivity contribution in [3.63, 3.8) is 0 Å². The van der Waals surface area contributed by atoms with Crippen LogP contribution in [0.5, 0.6) is 0 Å². The third-order valence-electron chi connectivity index (χ3n) is 6.41. The zero-order valence-electron chi connectivity index (χ0n) is 19.2. The Morgan fingerprint density at radius 3 is 1.49 bits per heavy atom. The van der Waals surface area contributed by atoms with Gasteiger partial charge >= 0.3 is 6.18 Å². The summed E-state index contributed by atoms with van der Waals surface area (Å²) in [5.74, 6) is -0.289. The normalized spacial score (nSPS) is 17.1. The minimum Gasteiger partial charge on any atom is -0.206 e. The molecule has 3 aromatic carbocycles. The van der Waals surface area contributed by atoms with Gasteiger partial charge in [-0.25, -0.2) is 3.63 Å². The molecule has 0 N–H and O–H groups in total. The zero-order chi connectivity index (χ0) is 24.9. The highest BCUT2D eigenvalue weighted by atomic mass is 32.3. The number of hydrogen-bond donors (Lipinski definition) is 0. The molecule has 35 heavy (non-hydrogen) atoms. The van der Waals surface area contributed by atoms with Gasteiger partial charge in [0, 0.05) is 14.7 Å². The Hall–Kier alpha value is -2.29. The van der Waals surface area contributed by atoms with Gasteiger partial charge in [0.05, 0.1) is 0 Å². The Labute approximate surface area is 207 Å². The van der Waals surface area contributed by atoms with E-state index < -0.39 is 38.3 Å². The van der Waals surface area contributed by atoms with Crippen molar-refractivity contribution in [3.05, 3.63) is 91.0 Å². The molecular weight excluding hydrogens is 493 g/mol. The van der Waals surface area contributed by atoms with E-state index in [9.17, 15) is 21.6 Å². The molecule has 0 bridgehead atoms. The van der Waals surface area contributed by atoms with Crippen LogP contribution in [-0.4, -0.2) is 19.8 Å². The van der Waals surface area contributed by atoms with Crippen LogP contribution in [0.3, 0.4) is 0 Å². The lowest BCUT2D eigenvalue weighted by atomic mass is 9.86. The smallest absolute Gasteiger partial charge is 0.206 e. The van der Waals surface area contributed by atoms with E-state index >= 15 is 0 Å². The quantitative estimate of drug-likeness (QED) is 0.300. The average molecular weight is 523 g/mol. The molecule has 3 nitrogen and oxygen atoms in total. The van der Waals surface area contributed by atoms with Crippen LogP contribution >= 0.6 is 10.3 Å². The molecular formula is C27H29F3O3S2. The van der Waals surface area contributed by atoms with E-state index in [2.05, 4.69) is 0 Å². The summed E-state index contributed by atoms with van der Waals surface area (Å²) in [6.45, 7) is 0. The number of rotatable bonds is 8. The Morgan fingerprint density at radius 2 is 1.11 bits per heavy atom. The van der Waals surface area contributed by atoms with Gasteiger partial charge in [-0.2, -0.15) is 21.6 Å². The molecule has 0 amide bonds. The Bertz CT molecular complexity index is 1080. The first kappa shape index (κ1) is 25.8. The van der Waals surface area contributed by atoms with E-state index in [4.69, 9.17) is 3.63 Å². The molecule has 1 fully saturated rings. The van der Waals surface area contributed by atoms with Crippen LogP contribution in [0, 0.1) is 5.92 Å². The van der Waals surface area contributed by atoms with Crippen LogP contribution in [-0.2, 0) is 13.7 Å². The minimum absolute atomic E-state index is 0.289. The van der Waals surface area contributed by atoms with Gasteiger partial charge in [0.1, 0.15) is 0 Å². The molecule has 0 saturated heterocycles. The van der Waals surface area contributed by atoms with Crippen LogP contribution < -0.4 is 0 Å². The SMILES string of the molecule is O=S(=O)(OS(c1ccccc1)(c1ccccc1)c1ccccc1)C(CC1CCCCC1)C(F)(F)F. The van der Waals surface area contributed by atoms with E-state index in [1.165, 1.54) is 0 Å². The molecule has 1 unspecified atom stereocenters. The summed E-state index contributed by atoms with van der Waals surface area (Å²) in [5.41, 5.74) is 0. The van der Waals surface area contributed by atoms with Gasteiger partial charge in [-0.3, -0.25) is 0 Å². The third kappa shape index (κ3) is 5.76. The zero-order valence-corrected chi connectivity index (χ0v) is 20.9. The van der Waals surface area contributed by atoms with Crippen molar-refractivity contribution in [2.45, 2.75) is 64.6 Å². The topological polar surface area (TPSA) is 43.4 Å². The second-order valence-corrected chi connectivity index (χ2v) is 13.5. The lowest BCUT2D eigenvalue weighted by Gasteiger charge is -2.40. The summed E-state index contributed by atoms with van der Waals surface area (Å²) in [6.07, 6.45) is -1.58. The number of benzene rings is 3. The first-order chi connectivity index (χ1) is 16.7. The summed E-state index contributed by atoms with van der Waals surface area (Å²) in [7, 11) is -8.09. The summed E-state index contributed by atoms with van der Waals surface area (Å²) in [6, 6.07) is 26.1. The molecule has 0 aliphatic heterocycles. The van der Waals surface area contributed by atoms with Crippen molar-refractivity contribution in [2.75, 3.05) is 0 Å². The van der Waals surface area contributed by atoms with E-state index in [1.807, 2.05) is 0 Å². The van der Waals surface area contributed by atoms with Crippen molar-refractivity contribution < 1.29 is 25.2 Å². The molecule has 1 saturated carbocycles. The maximum absolute atomic E-state index is 14.3. The Morgan fingerprint density at radius 1 is 0.714 bits per heavy atom. The van der Waals surface area contributed by atoms with Crippen LogP contribution in [0.4, 0.5) is 13.2 Å². The second-order valence-electron chi connectivity index (χ2n) is 8.83. The Balaban J connectivity index is 1.87. The van der Waals surface area contributed by atoms with Crippen LogP contribution in [0.15, 0.2) is 106 Å². The fraction of sp³-hybridized carbons (Fsp3) is 0.333. The van der Waals surface area contributed by atoms with Crippen molar-refractivity contribution in [3.8, 4) is 0 Å². The molecule has 1 aliphatic carbocycles. The second kappa shape index (κ2) is 10.8. The standard InChI is InChI=1S/C27H29F3O3S2/c28-27(29,30)26(21-22-13-5-1-6-14-22)35(31,32)33-34(23-15-7-2-8-16-23,24-17-9-3-10-18-24)25-19-11-4-12-20-25/h2-4,7-12,15-20,22,26H,1,5-6,13-14,21H2. The summed E-state index contributed by atoms with van der Waals surface area (Å²) < 4.78 is 76.2. The van der Waals surface area contributed by atoms with Gasteiger partial charge in [-0.05, 0) is 59.0 Å². The summed E-state index contributed by atoms with van der Waals surface area (Å²) in [4.78, 5) is 1.54. The molecule has 188 valence electrons.